The number of carbonyl (C=O) groups is 1. The maximum absolute atomic E-state index is 12.8. The van der Waals surface area contributed by atoms with Crippen LogP contribution >= 0.6 is 0 Å². The first-order valence-corrected chi connectivity index (χ1v) is 11.9. The number of hydrogen-bond donors (Lipinski definition) is 0. The van der Waals surface area contributed by atoms with Crippen molar-refractivity contribution in [3.63, 3.8) is 0 Å². The van der Waals surface area contributed by atoms with Crippen molar-refractivity contribution < 1.29 is 14.3 Å². The van der Waals surface area contributed by atoms with Crippen molar-refractivity contribution >= 4 is 11.8 Å². The monoisotopic (exact) mass is 438 g/mol. The molecule has 2 aromatic carbocycles. The molecule has 0 N–H and O–H groups in total. The zero-order valence-electron chi connectivity index (χ0n) is 20.2. The average Bonchev–Trinajstić information content (AvgIpc) is 3.25. The number of anilines is 1. The normalized spacial score (nSPS) is 12.5. The first kappa shape index (κ1) is 24.1. The molecule has 0 aliphatic heterocycles. The molecule has 0 unspecified atom stereocenters. The zero-order chi connectivity index (χ0) is 22.9. The number of ether oxygens (including phenoxy) is 2. The lowest BCUT2D eigenvalue weighted by Crippen LogP contribution is -2.32. The Kier molecular flexibility index (Phi) is 8.98. The Morgan fingerprint density at radius 2 is 1.62 bits per heavy atom. The summed E-state index contributed by atoms with van der Waals surface area (Å²) in [5.41, 5.74) is 7.57. The van der Waals surface area contributed by atoms with E-state index in [-0.39, 0.29) is 6.09 Å². The number of methoxy groups -OCH3 is 2. The molecule has 2 aromatic rings. The molecule has 0 bridgehead atoms. The molecule has 0 heterocycles. The molecule has 174 valence electrons. The van der Waals surface area contributed by atoms with Gasteiger partial charge in [0, 0.05) is 32.4 Å². The van der Waals surface area contributed by atoms with Gasteiger partial charge in [-0.15, -0.1) is 0 Å². The van der Waals surface area contributed by atoms with Gasteiger partial charge in [-0.1, -0.05) is 44.2 Å². The highest BCUT2D eigenvalue weighted by molar-refractivity contribution is 5.68. The molecule has 0 atom stereocenters. The molecule has 1 amide bonds. The average molecular weight is 439 g/mol. The summed E-state index contributed by atoms with van der Waals surface area (Å²) >= 11 is 0. The number of rotatable bonds is 11. The van der Waals surface area contributed by atoms with Gasteiger partial charge in [0.1, 0.15) is 0 Å². The van der Waals surface area contributed by atoms with Crippen molar-refractivity contribution in [3.05, 3.63) is 64.2 Å². The summed E-state index contributed by atoms with van der Waals surface area (Å²) in [6.45, 7) is 8.10. The first-order valence-electron chi connectivity index (χ1n) is 11.9. The van der Waals surface area contributed by atoms with Crippen molar-refractivity contribution in [2.75, 3.05) is 32.2 Å². The Bertz CT molecular complexity index is 890. The number of amides is 1. The van der Waals surface area contributed by atoms with Gasteiger partial charge in [0.05, 0.1) is 20.3 Å². The van der Waals surface area contributed by atoms with E-state index < -0.39 is 0 Å². The molecule has 0 aromatic heterocycles. The third kappa shape index (κ3) is 6.04. The highest BCUT2D eigenvalue weighted by Crippen LogP contribution is 2.32. The maximum atomic E-state index is 12.8. The minimum atomic E-state index is -0.300. The smallest absolute Gasteiger partial charge is 0.410 e. The zero-order valence-corrected chi connectivity index (χ0v) is 20.2. The Labute approximate surface area is 193 Å². The van der Waals surface area contributed by atoms with Crippen molar-refractivity contribution in [2.45, 2.75) is 65.6 Å². The van der Waals surface area contributed by atoms with Crippen LogP contribution in [0.5, 0.6) is 0 Å². The topological polar surface area (TPSA) is 42.0 Å². The van der Waals surface area contributed by atoms with Gasteiger partial charge in [-0.25, -0.2) is 4.79 Å². The molecule has 0 fully saturated rings. The van der Waals surface area contributed by atoms with Crippen molar-refractivity contribution in [1.29, 1.82) is 0 Å². The lowest BCUT2D eigenvalue weighted by Gasteiger charge is -2.30. The van der Waals surface area contributed by atoms with Crippen LogP contribution in [0.1, 0.15) is 60.9 Å². The molecule has 32 heavy (non-hydrogen) atoms. The number of carbonyl (C=O) groups excluding carboxylic acids is 1. The molecule has 1 aliphatic rings. The Hall–Kier alpha value is -2.53. The van der Waals surface area contributed by atoms with Gasteiger partial charge < -0.3 is 14.4 Å². The van der Waals surface area contributed by atoms with Crippen LogP contribution in [0.25, 0.3) is 0 Å². The molecule has 5 nitrogen and oxygen atoms in total. The Balaban J connectivity index is 1.93. The fraction of sp³-hybridized carbons (Fsp3) is 0.519. The van der Waals surface area contributed by atoms with E-state index in [1.165, 1.54) is 35.9 Å². The first-order chi connectivity index (χ1) is 15.6. The van der Waals surface area contributed by atoms with Gasteiger partial charge in [-0.2, -0.15) is 0 Å². The Morgan fingerprint density at radius 1 is 0.938 bits per heavy atom. The second kappa shape index (κ2) is 11.9. The summed E-state index contributed by atoms with van der Waals surface area (Å²) in [5.74, 6) is 0. The fourth-order valence-electron chi connectivity index (χ4n) is 4.70. The predicted molar refractivity (Wildman–Crippen MR) is 130 cm³/mol. The lowest BCUT2D eigenvalue weighted by atomic mass is 10.0. The highest BCUT2D eigenvalue weighted by Gasteiger charge is 2.22. The number of fused-ring (bicyclic) bond motifs is 1. The minimum absolute atomic E-state index is 0.300. The number of hydrogen-bond acceptors (Lipinski definition) is 4. The quantitative estimate of drug-likeness (QED) is 0.450. The molecule has 5 heteroatoms. The van der Waals surface area contributed by atoms with Gasteiger partial charge >= 0.3 is 6.09 Å². The van der Waals surface area contributed by atoms with Crippen LogP contribution in [0, 0.1) is 0 Å². The number of benzene rings is 2. The molecular weight excluding hydrogens is 400 g/mol. The lowest BCUT2D eigenvalue weighted by molar-refractivity contribution is 0.118. The maximum Gasteiger partial charge on any atom is 0.410 e. The van der Waals surface area contributed by atoms with Gasteiger partial charge in [0.2, 0.25) is 0 Å². The summed E-state index contributed by atoms with van der Waals surface area (Å²) in [4.78, 5) is 17.1. The van der Waals surface area contributed by atoms with E-state index in [9.17, 15) is 4.79 Å². The van der Waals surface area contributed by atoms with Crippen LogP contribution in [0.15, 0.2) is 36.4 Å². The van der Waals surface area contributed by atoms with E-state index in [4.69, 9.17) is 9.47 Å². The van der Waals surface area contributed by atoms with Crippen LogP contribution in [-0.2, 0) is 42.0 Å². The van der Waals surface area contributed by atoms with Crippen molar-refractivity contribution in [1.82, 2.24) is 4.90 Å². The van der Waals surface area contributed by atoms with E-state index in [1.54, 1.807) is 7.11 Å². The molecule has 0 saturated carbocycles. The highest BCUT2D eigenvalue weighted by atomic mass is 16.5. The van der Waals surface area contributed by atoms with Crippen LogP contribution in [0.3, 0.4) is 0 Å². The molecule has 0 spiro atoms. The van der Waals surface area contributed by atoms with Crippen molar-refractivity contribution in [3.8, 4) is 0 Å². The van der Waals surface area contributed by atoms with Crippen LogP contribution in [-0.4, -0.2) is 38.3 Å². The number of aryl methyl sites for hydroxylation is 2. The second-order valence-electron chi connectivity index (χ2n) is 8.67. The van der Waals surface area contributed by atoms with Crippen molar-refractivity contribution in [2.24, 2.45) is 0 Å². The van der Waals surface area contributed by atoms with Crippen LogP contribution < -0.4 is 4.90 Å². The standard InChI is InChI=1S/C27H38N2O3/c1-5-13-28(14-6-2)26-17-24-12-8-11-23(24)16-25(26)19-29(27(30)32-4)18-21-9-7-10-22(15-21)20-31-3/h7,9-10,15-17H,5-6,8,11-14,18-20H2,1-4H3. The van der Waals surface area contributed by atoms with E-state index in [1.807, 2.05) is 17.0 Å². The third-order valence-corrected chi connectivity index (χ3v) is 6.09. The Morgan fingerprint density at radius 3 is 2.28 bits per heavy atom. The SMILES string of the molecule is CCCN(CCC)c1cc2c(cc1CN(Cc1cccc(COC)c1)C(=O)OC)CCC2. The summed E-state index contributed by atoms with van der Waals surface area (Å²) in [5, 5.41) is 0. The van der Waals surface area contributed by atoms with Crippen LogP contribution in [0.2, 0.25) is 0 Å². The molecule has 1 aliphatic carbocycles. The molecule has 3 rings (SSSR count). The van der Waals surface area contributed by atoms with E-state index in [0.29, 0.717) is 19.7 Å². The van der Waals surface area contributed by atoms with Gasteiger partial charge in [-0.3, -0.25) is 4.90 Å². The summed E-state index contributed by atoms with van der Waals surface area (Å²) in [6.07, 6.45) is 5.40. The largest absolute Gasteiger partial charge is 0.453 e. The molecule has 0 radical (unpaired) electrons. The second-order valence-corrected chi connectivity index (χ2v) is 8.67. The molecular formula is C27H38N2O3. The van der Waals surface area contributed by atoms with Crippen LogP contribution in [0.4, 0.5) is 10.5 Å². The fourth-order valence-corrected chi connectivity index (χ4v) is 4.70. The van der Waals surface area contributed by atoms with Gasteiger partial charge in [-0.05, 0) is 66.0 Å². The van der Waals surface area contributed by atoms with Gasteiger partial charge in [0.15, 0.2) is 0 Å². The van der Waals surface area contributed by atoms with E-state index in [2.05, 4.69) is 43.0 Å². The summed E-state index contributed by atoms with van der Waals surface area (Å²) in [6, 6.07) is 12.9. The van der Waals surface area contributed by atoms with E-state index >= 15 is 0 Å². The van der Waals surface area contributed by atoms with Gasteiger partial charge in [0.25, 0.3) is 0 Å². The predicted octanol–water partition coefficient (Wildman–Crippen LogP) is 5.72. The summed E-state index contributed by atoms with van der Waals surface area (Å²) < 4.78 is 10.4. The summed E-state index contributed by atoms with van der Waals surface area (Å²) in [7, 11) is 3.15. The third-order valence-electron chi connectivity index (χ3n) is 6.09. The minimum Gasteiger partial charge on any atom is -0.453 e. The molecule has 0 saturated heterocycles. The number of nitrogens with zero attached hydrogens (tertiary/aromatic N) is 2. The van der Waals surface area contributed by atoms with E-state index in [0.717, 1.165) is 49.9 Å².